The Morgan fingerprint density at radius 3 is 2.68 bits per heavy atom. The number of fused-ring (bicyclic) bond motifs is 2. The quantitative estimate of drug-likeness (QED) is 0.248. The van der Waals surface area contributed by atoms with Gasteiger partial charge >= 0.3 is 18.3 Å². The predicted octanol–water partition coefficient (Wildman–Crippen LogP) is 3.79. The van der Waals surface area contributed by atoms with E-state index in [1.165, 1.54) is 34.7 Å². The molecule has 0 radical (unpaired) electrons. The predicted molar refractivity (Wildman–Crippen MR) is 156 cm³/mol. The van der Waals surface area contributed by atoms with E-state index in [0.717, 1.165) is 10.8 Å². The van der Waals surface area contributed by atoms with Gasteiger partial charge in [0, 0.05) is 34.8 Å². The summed E-state index contributed by atoms with van der Waals surface area (Å²) in [4.78, 5) is 39.0. The fourth-order valence-electron chi connectivity index (χ4n) is 5.76. The Hall–Kier alpha value is -4.86. The highest BCUT2D eigenvalue weighted by molar-refractivity contribution is 5.83. The standard InChI is InChI=1S/C28H32F2N10O4/c1-14-33-23-18(28(2,3)43)9-22(36-24(23)39(14)17-11-32-38(13-17)25(29)30)35-21-10-19-20(12-31-21)37(4)27(42)40(19)16-7-6-15(8-16)34-26(41)44-5/h9-13,15-16,25,43H,6-8H2,1-5H3,(H,34,41)(H,31,35,36)/t15-,16-/m1/s1/i4D3. The summed E-state index contributed by atoms with van der Waals surface area (Å²) >= 11 is 0. The number of ether oxygens (including phenoxy) is 1. The van der Waals surface area contributed by atoms with Gasteiger partial charge in [0.25, 0.3) is 0 Å². The van der Waals surface area contributed by atoms with Crippen molar-refractivity contribution in [1.29, 1.82) is 0 Å². The second-order valence-electron chi connectivity index (χ2n) is 11.2. The lowest BCUT2D eigenvalue weighted by Gasteiger charge is -2.19. The molecule has 0 bridgehead atoms. The number of aliphatic hydroxyl groups is 1. The van der Waals surface area contributed by atoms with Crippen LogP contribution in [-0.2, 0) is 17.3 Å². The monoisotopic (exact) mass is 613 g/mol. The van der Waals surface area contributed by atoms with E-state index in [1.807, 2.05) is 0 Å². The second-order valence-corrected chi connectivity index (χ2v) is 11.2. The molecule has 1 saturated carbocycles. The van der Waals surface area contributed by atoms with Crippen LogP contribution in [0.3, 0.4) is 0 Å². The second kappa shape index (κ2) is 10.7. The Kier molecular flexibility index (Phi) is 6.23. The molecule has 44 heavy (non-hydrogen) atoms. The molecular formula is C28H32F2N10O4. The van der Waals surface area contributed by atoms with Crippen molar-refractivity contribution in [2.24, 2.45) is 6.98 Å². The molecule has 2 atom stereocenters. The highest BCUT2D eigenvalue weighted by Gasteiger charge is 2.31. The zero-order valence-electron chi connectivity index (χ0n) is 27.2. The Bertz CT molecular complexity index is 2060. The van der Waals surface area contributed by atoms with Gasteiger partial charge in [-0.15, -0.1) is 0 Å². The van der Waals surface area contributed by atoms with Crippen molar-refractivity contribution in [3.8, 4) is 5.69 Å². The van der Waals surface area contributed by atoms with Crippen LogP contribution in [0.1, 0.15) is 61.2 Å². The summed E-state index contributed by atoms with van der Waals surface area (Å²) in [5.74, 6) is 0.823. The minimum absolute atomic E-state index is 0.0928. The number of alkyl halides is 2. The summed E-state index contributed by atoms with van der Waals surface area (Å²) in [6, 6.07) is 2.41. The summed E-state index contributed by atoms with van der Waals surface area (Å²) in [5.41, 5.74) is -0.490. The number of alkyl carbamates (subject to hydrolysis) is 1. The van der Waals surface area contributed by atoms with Crippen molar-refractivity contribution in [3.63, 3.8) is 0 Å². The van der Waals surface area contributed by atoms with Gasteiger partial charge in [0.15, 0.2) is 5.65 Å². The van der Waals surface area contributed by atoms with E-state index in [4.69, 9.17) is 8.85 Å². The molecule has 0 spiro atoms. The third-order valence-corrected chi connectivity index (χ3v) is 7.78. The molecule has 1 amide bonds. The maximum Gasteiger partial charge on any atom is 0.407 e. The number of pyridine rings is 2. The number of amides is 1. The van der Waals surface area contributed by atoms with Gasteiger partial charge in [-0.3, -0.25) is 13.7 Å². The SMILES string of the molecule is [2H]C([2H])([2H])n1c(=O)n([C@@H]2CC[C@@H](NC(=O)OC)C2)c2cc(Nc3cc(C(C)(C)O)c4nc(C)n(-c5cnn(C(F)F)c5)c4n3)ncc21. The molecule has 5 aromatic heterocycles. The van der Waals surface area contributed by atoms with Crippen LogP contribution in [0.4, 0.5) is 25.2 Å². The summed E-state index contributed by atoms with van der Waals surface area (Å²) in [6.07, 6.45) is 4.52. The average Bonchev–Trinajstić information content (AvgIpc) is 3.75. The third-order valence-electron chi connectivity index (χ3n) is 7.78. The normalized spacial score (nSPS) is 18.5. The van der Waals surface area contributed by atoms with Crippen LogP contribution in [0, 0.1) is 6.92 Å². The first-order valence-electron chi connectivity index (χ1n) is 15.3. The molecule has 5 heterocycles. The van der Waals surface area contributed by atoms with E-state index in [9.17, 15) is 23.5 Å². The molecule has 0 saturated heterocycles. The summed E-state index contributed by atoms with van der Waals surface area (Å²) in [5, 5.41) is 20.6. The first-order chi connectivity index (χ1) is 22.1. The highest BCUT2D eigenvalue weighted by Crippen LogP contribution is 2.34. The van der Waals surface area contributed by atoms with Gasteiger partial charge in [-0.2, -0.15) is 13.9 Å². The van der Waals surface area contributed by atoms with Crippen LogP contribution >= 0.6 is 0 Å². The molecule has 0 unspecified atom stereocenters. The van der Waals surface area contributed by atoms with E-state index in [1.54, 1.807) is 26.8 Å². The van der Waals surface area contributed by atoms with Crippen molar-refractivity contribution in [1.82, 2.24) is 43.8 Å². The maximum atomic E-state index is 13.6. The number of hydrogen-bond acceptors (Lipinski definition) is 9. The van der Waals surface area contributed by atoms with E-state index < -0.39 is 37.0 Å². The molecular weight excluding hydrogens is 578 g/mol. The van der Waals surface area contributed by atoms with Crippen LogP contribution in [0.15, 0.2) is 35.5 Å². The number of imidazole rings is 2. The Morgan fingerprint density at radius 1 is 1.20 bits per heavy atom. The number of halogens is 2. The largest absolute Gasteiger partial charge is 0.453 e. The van der Waals surface area contributed by atoms with Gasteiger partial charge in [0.2, 0.25) is 0 Å². The van der Waals surface area contributed by atoms with Gasteiger partial charge in [-0.25, -0.2) is 29.2 Å². The smallest absolute Gasteiger partial charge is 0.407 e. The van der Waals surface area contributed by atoms with Crippen molar-refractivity contribution in [3.05, 3.63) is 52.6 Å². The number of anilines is 2. The number of hydrogen-bond donors (Lipinski definition) is 3. The molecule has 0 aromatic carbocycles. The summed E-state index contributed by atoms with van der Waals surface area (Å²) in [7, 11) is 1.25. The average molecular weight is 614 g/mol. The zero-order chi connectivity index (χ0) is 34.0. The molecule has 14 nitrogen and oxygen atoms in total. The fourth-order valence-corrected chi connectivity index (χ4v) is 5.76. The number of nitrogens with zero attached hydrogens (tertiary/aromatic N) is 8. The minimum Gasteiger partial charge on any atom is -0.453 e. The molecule has 1 aliphatic rings. The lowest BCUT2D eigenvalue weighted by molar-refractivity contribution is 0.0566. The number of aryl methyl sites for hydroxylation is 2. The van der Waals surface area contributed by atoms with E-state index in [2.05, 4.69) is 30.7 Å². The number of methoxy groups -OCH3 is 1. The number of carbonyl (C=O) groups excluding carboxylic acids is 1. The van der Waals surface area contributed by atoms with Crippen molar-refractivity contribution in [2.75, 3.05) is 12.4 Å². The third kappa shape index (κ3) is 5.04. The number of carbonyl (C=O) groups is 1. The van der Waals surface area contributed by atoms with E-state index >= 15 is 0 Å². The summed E-state index contributed by atoms with van der Waals surface area (Å²) < 4.78 is 59.5. The molecule has 16 heteroatoms. The Morgan fingerprint density at radius 2 is 2.00 bits per heavy atom. The lowest BCUT2D eigenvalue weighted by Crippen LogP contribution is -2.33. The molecule has 3 N–H and O–H groups in total. The summed E-state index contributed by atoms with van der Waals surface area (Å²) in [6.45, 7) is -0.837. The fraction of sp³-hybridized carbons (Fsp3) is 0.429. The van der Waals surface area contributed by atoms with Crippen LogP contribution < -0.4 is 16.3 Å². The van der Waals surface area contributed by atoms with Gasteiger partial charge < -0.3 is 20.5 Å². The van der Waals surface area contributed by atoms with Gasteiger partial charge in [-0.05, 0) is 46.1 Å². The number of aromatic nitrogens is 8. The first-order valence-corrected chi connectivity index (χ1v) is 13.8. The van der Waals surface area contributed by atoms with Crippen molar-refractivity contribution >= 4 is 39.9 Å². The van der Waals surface area contributed by atoms with Gasteiger partial charge in [0.1, 0.15) is 23.0 Å². The number of rotatable bonds is 7. The minimum atomic E-state index is -2.85. The Labute approximate surface area is 253 Å². The van der Waals surface area contributed by atoms with Crippen molar-refractivity contribution < 1.29 is 27.5 Å². The topological polar surface area (TPSA) is 159 Å². The van der Waals surface area contributed by atoms with E-state index in [-0.39, 0.29) is 34.5 Å². The lowest BCUT2D eigenvalue weighted by atomic mass is 9.98. The zero-order valence-corrected chi connectivity index (χ0v) is 24.2. The van der Waals surface area contributed by atoms with Gasteiger partial charge in [0.05, 0.1) is 48.0 Å². The number of nitrogens with one attached hydrogen (secondary N) is 2. The van der Waals surface area contributed by atoms with Crippen LogP contribution in [0.2, 0.25) is 0 Å². The molecule has 5 aromatic rings. The maximum absolute atomic E-state index is 13.6. The molecule has 6 rings (SSSR count). The Balaban J connectivity index is 1.45. The van der Waals surface area contributed by atoms with Crippen LogP contribution in [-0.4, -0.2) is 62.8 Å². The highest BCUT2D eigenvalue weighted by atomic mass is 19.3. The molecule has 232 valence electrons. The van der Waals surface area contributed by atoms with Crippen molar-refractivity contribution in [2.45, 2.75) is 64.3 Å². The van der Waals surface area contributed by atoms with Gasteiger partial charge in [-0.1, -0.05) is 0 Å². The molecule has 1 fully saturated rings. The molecule has 0 aliphatic heterocycles. The van der Waals surface area contributed by atoms with Crippen LogP contribution in [0.5, 0.6) is 0 Å². The first kappa shape index (κ1) is 25.6. The molecule has 1 aliphatic carbocycles. The van der Waals surface area contributed by atoms with E-state index in [0.29, 0.717) is 46.4 Å². The van der Waals surface area contributed by atoms with Crippen LogP contribution in [0.25, 0.3) is 27.9 Å².